The zero-order valence-corrected chi connectivity index (χ0v) is 8.58. The topological polar surface area (TPSA) is 77.7 Å². The molecule has 0 fully saturated rings. The van der Waals surface area contributed by atoms with E-state index >= 15 is 0 Å². The molecule has 0 atom stereocenters. The number of hydrogen-bond donors (Lipinski definition) is 1. The molecule has 0 spiro atoms. The zero-order chi connectivity index (χ0) is 10.8. The van der Waals surface area contributed by atoms with Gasteiger partial charge in [0, 0.05) is 7.05 Å². The minimum absolute atomic E-state index is 0.195. The van der Waals surface area contributed by atoms with Crippen molar-refractivity contribution in [3.05, 3.63) is 18.2 Å². The summed E-state index contributed by atoms with van der Waals surface area (Å²) in [6.45, 7) is 0. The lowest BCUT2D eigenvalue weighted by molar-refractivity contribution is 0.413. The molecule has 1 N–H and O–H groups in total. The largest absolute Gasteiger partial charge is 0.495 e. The molecular weight excluding hydrogens is 206 g/mol. The van der Waals surface area contributed by atoms with Crippen molar-refractivity contribution in [2.75, 3.05) is 14.2 Å². The molecule has 5 nitrogen and oxygen atoms in total. The standard InChI is InChI=1S/C8H10NO4S/c1-9-7-5-6(14(10,11)12)3-4-8(7)13-2/h3-5H,1-2H3,(H,10,11,12). The van der Waals surface area contributed by atoms with E-state index in [0.717, 1.165) is 0 Å². The van der Waals surface area contributed by atoms with Crippen LogP contribution in [0.1, 0.15) is 0 Å². The lowest BCUT2D eigenvalue weighted by atomic mass is 10.3. The molecule has 0 amide bonds. The van der Waals surface area contributed by atoms with Crippen LogP contribution in [0.3, 0.4) is 0 Å². The van der Waals surface area contributed by atoms with Gasteiger partial charge in [0.2, 0.25) is 0 Å². The third kappa shape index (κ3) is 2.15. The molecule has 0 unspecified atom stereocenters. The number of ether oxygens (including phenoxy) is 1. The van der Waals surface area contributed by atoms with Gasteiger partial charge in [-0.05, 0) is 18.2 Å². The Bertz CT molecular complexity index is 427. The van der Waals surface area contributed by atoms with Crippen molar-refractivity contribution in [3.8, 4) is 5.75 Å². The van der Waals surface area contributed by atoms with Gasteiger partial charge in [-0.1, -0.05) is 0 Å². The third-order valence-corrected chi connectivity index (χ3v) is 2.54. The van der Waals surface area contributed by atoms with Crippen LogP contribution < -0.4 is 10.1 Å². The van der Waals surface area contributed by atoms with Crippen LogP contribution in [0.15, 0.2) is 23.1 Å². The van der Waals surface area contributed by atoms with Crippen molar-refractivity contribution in [2.24, 2.45) is 0 Å². The molecule has 1 rings (SSSR count). The second kappa shape index (κ2) is 3.85. The average Bonchev–Trinajstić information content (AvgIpc) is 2.15. The number of rotatable bonds is 3. The van der Waals surface area contributed by atoms with Crippen LogP contribution in [-0.2, 0) is 10.1 Å². The highest BCUT2D eigenvalue weighted by Crippen LogP contribution is 2.26. The maximum Gasteiger partial charge on any atom is 0.294 e. The smallest absolute Gasteiger partial charge is 0.294 e. The fourth-order valence-electron chi connectivity index (χ4n) is 1.00. The van der Waals surface area contributed by atoms with Crippen LogP contribution >= 0.6 is 0 Å². The van der Waals surface area contributed by atoms with Crippen molar-refractivity contribution < 1.29 is 17.7 Å². The van der Waals surface area contributed by atoms with Crippen LogP contribution in [0.5, 0.6) is 5.75 Å². The van der Waals surface area contributed by atoms with Crippen molar-refractivity contribution in [1.82, 2.24) is 5.32 Å². The number of benzene rings is 1. The van der Waals surface area contributed by atoms with Crippen LogP contribution in [0, 0.1) is 0 Å². The molecule has 0 heterocycles. The Balaban J connectivity index is 3.28. The van der Waals surface area contributed by atoms with E-state index in [9.17, 15) is 8.42 Å². The summed E-state index contributed by atoms with van der Waals surface area (Å²) in [7, 11) is -1.21. The summed E-state index contributed by atoms with van der Waals surface area (Å²) in [5.74, 6) is 0.458. The molecule has 0 aliphatic heterocycles. The minimum atomic E-state index is -4.18. The molecule has 0 saturated carbocycles. The van der Waals surface area contributed by atoms with Gasteiger partial charge in [-0.15, -0.1) is 0 Å². The predicted molar refractivity (Wildman–Crippen MR) is 50.5 cm³/mol. The van der Waals surface area contributed by atoms with E-state index in [1.807, 2.05) is 0 Å². The van der Waals surface area contributed by atoms with E-state index in [1.165, 1.54) is 32.4 Å². The first kappa shape index (κ1) is 10.8. The summed E-state index contributed by atoms with van der Waals surface area (Å²) >= 11 is 0. The first-order valence-corrected chi connectivity index (χ1v) is 5.18. The number of nitrogens with zero attached hydrogens (tertiary/aromatic N) is 1. The second-order valence-electron chi connectivity index (χ2n) is 2.53. The Morgan fingerprint density at radius 1 is 1.43 bits per heavy atom. The quantitative estimate of drug-likeness (QED) is 0.758. The van der Waals surface area contributed by atoms with Gasteiger partial charge < -0.3 is 4.74 Å². The lowest BCUT2D eigenvalue weighted by Crippen LogP contribution is -2.00. The minimum Gasteiger partial charge on any atom is -0.495 e. The summed E-state index contributed by atoms with van der Waals surface area (Å²) in [4.78, 5) is -0.195. The maximum atomic E-state index is 10.8. The predicted octanol–water partition coefficient (Wildman–Crippen LogP) is 0.808. The Morgan fingerprint density at radius 2 is 2.07 bits per heavy atom. The molecule has 1 aromatic rings. The van der Waals surface area contributed by atoms with Gasteiger partial charge >= 0.3 is 0 Å². The van der Waals surface area contributed by atoms with E-state index in [2.05, 4.69) is 5.32 Å². The summed E-state index contributed by atoms with van der Waals surface area (Å²) in [5.41, 5.74) is 0.377. The maximum absolute atomic E-state index is 10.8. The van der Waals surface area contributed by atoms with Gasteiger partial charge in [0.1, 0.15) is 11.4 Å². The van der Waals surface area contributed by atoms with Gasteiger partial charge in [-0.25, -0.2) is 0 Å². The van der Waals surface area contributed by atoms with Crippen molar-refractivity contribution in [2.45, 2.75) is 4.90 Å². The zero-order valence-electron chi connectivity index (χ0n) is 7.76. The Labute approximate surface area is 82.5 Å². The summed E-state index contributed by atoms with van der Waals surface area (Å²) in [6.07, 6.45) is 0. The van der Waals surface area contributed by atoms with E-state index in [-0.39, 0.29) is 4.90 Å². The van der Waals surface area contributed by atoms with Gasteiger partial charge in [-0.3, -0.25) is 9.87 Å². The molecule has 1 radical (unpaired) electrons. The van der Waals surface area contributed by atoms with Crippen molar-refractivity contribution in [3.63, 3.8) is 0 Å². The number of hydrogen-bond acceptors (Lipinski definition) is 3. The summed E-state index contributed by atoms with van der Waals surface area (Å²) in [6, 6.07) is 3.93. The Kier molecular flexibility index (Phi) is 2.97. The molecule has 0 bridgehead atoms. The molecule has 0 aliphatic carbocycles. The van der Waals surface area contributed by atoms with Crippen LogP contribution in [0.2, 0.25) is 0 Å². The SMILES string of the molecule is C[N]c1cc(S(=O)(=O)O)ccc1OC. The van der Waals surface area contributed by atoms with Crippen LogP contribution in [0.25, 0.3) is 0 Å². The molecule has 14 heavy (non-hydrogen) atoms. The van der Waals surface area contributed by atoms with Crippen LogP contribution in [-0.4, -0.2) is 27.1 Å². The van der Waals surface area contributed by atoms with Gasteiger partial charge in [0.25, 0.3) is 10.1 Å². The van der Waals surface area contributed by atoms with Crippen molar-refractivity contribution >= 4 is 15.8 Å². The fourth-order valence-corrected chi connectivity index (χ4v) is 1.51. The highest BCUT2D eigenvalue weighted by molar-refractivity contribution is 7.85. The molecular formula is C8H10NO4S. The van der Waals surface area contributed by atoms with Crippen LogP contribution in [0.4, 0.5) is 5.69 Å². The Hall–Kier alpha value is -1.27. The first-order chi connectivity index (χ1) is 6.49. The van der Waals surface area contributed by atoms with E-state index in [4.69, 9.17) is 9.29 Å². The molecule has 0 saturated heterocycles. The fraction of sp³-hybridized carbons (Fsp3) is 0.250. The lowest BCUT2D eigenvalue weighted by Gasteiger charge is -2.06. The molecule has 77 valence electrons. The average molecular weight is 216 g/mol. The number of methoxy groups -OCH3 is 1. The van der Waals surface area contributed by atoms with Crippen molar-refractivity contribution in [1.29, 1.82) is 0 Å². The molecule has 0 aliphatic rings. The van der Waals surface area contributed by atoms with Gasteiger partial charge in [0.15, 0.2) is 0 Å². The Morgan fingerprint density at radius 3 is 2.50 bits per heavy atom. The van der Waals surface area contributed by atoms with Gasteiger partial charge in [0.05, 0.1) is 12.0 Å². The highest BCUT2D eigenvalue weighted by atomic mass is 32.2. The third-order valence-electron chi connectivity index (χ3n) is 1.69. The normalized spacial score (nSPS) is 11.1. The van der Waals surface area contributed by atoms with E-state index in [0.29, 0.717) is 11.4 Å². The first-order valence-electron chi connectivity index (χ1n) is 3.74. The van der Waals surface area contributed by atoms with E-state index < -0.39 is 10.1 Å². The molecule has 6 heteroatoms. The summed E-state index contributed by atoms with van der Waals surface area (Å²) in [5, 5.41) is 3.81. The van der Waals surface area contributed by atoms with E-state index in [1.54, 1.807) is 0 Å². The summed E-state index contributed by atoms with van der Waals surface area (Å²) < 4.78 is 35.2. The molecule has 0 aromatic heterocycles. The second-order valence-corrected chi connectivity index (χ2v) is 3.95. The highest BCUT2D eigenvalue weighted by Gasteiger charge is 2.12. The van der Waals surface area contributed by atoms with Gasteiger partial charge in [-0.2, -0.15) is 8.42 Å². The molecule has 1 aromatic carbocycles. The monoisotopic (exact) mass is 216 g/mol.